The van der Waals surface area contributed by atoms with E-state index in [0.29, 0.717) is 12.5 Å². The molecule has 4 heteroatoms. The number of carbonyl (C=O) groups excluding carboxylic acids is 2. The molecule has 1 saturated heterocycles. The lowest BCUT2D eigenvalue weighted by Crippen LogP contribution is -2.44. The summed E-state index contributed by atoms with van der Waals surface area (Å²) in [6, 6.07) is 0. The molecule has 15 heavy (non-hydrogen) atoms. The maximum absolute atomic E-state index is 11.7. The monoisotopic (exact) mass is 211 g/mol. The summed E-state index contributed by atoms with van der Waals surface area (Å²) in [5.41, 5.74) is -0.486. The molecular weight excluding hydrogens is 194 g/mol. The van der Waals surface area contributed by atoms with Crippen LogP contribution < -0.4 is 0 Å². The summed E-state index contributed by atoms with van der Waals surface area (Å²) >= 11 is 0. The van der Waals surface area contributed by atoms with Crippen molar-refractivity contribution in [2.24, 2.45) is 11.8 Å². The number of ether oxygens (including phenoxy) is 1. The van der Waals surface area contributed by atoms with Crippen molar-refractivity contribution in [1.82, 2.24) is 4.90 Å². The van der Waals surface area contributed by atoms with Crippen molar-refractivity contribution in [2.75, 3.05) is 13.1 Å². The van der Waals surface area contributed by atoms with Gasteiger partial charge in [0.1, 0.15) is 5.60 Å². The van der Waals surface area contributed by atoms with E-state index in [1.54, 1.807) is 0 Å². The summed E-state index contributed by atoms with van der Waals surface area (Å²) in [6.07, 6.45) is 0.596. The van der Waals surface area contributed by atoms with Crippen LogP contribution in [0.15, 0.2) is 0 Å². The number of rotatable bonds is 0. The van der Waals surface area contributed by atoms with Gasteiger partial charge >= 0.3 is 6.09 Å². The maximum atomic E-state index is 11.7. The van der Waals surface area contributed by atoms with Gasteiger partial charge in [-0.3, -0.25) is 4.79 Å². The number of fused-ring (bicyclic) bond motifs is 1. The molecule has 1 saturated carbocycles. The van der Waals surface area contributed by atoms with Crippen LogP contribution in [-0.2, 0) is 9.53 Å². The van der Waals surface area contributed by atoms with E-state index in [9.17, 15) is 9.59 Å². The minimum Gasteiger partial charge on any atom is -0.444 e. The van der Waals surface area contributed by atoms with Crippen LogP contribution in [0.1, 0.15) is 27.2 Å². The second-order valence-electron chi connectivity index (χ2n) is 5.43. The number of nitrogens with zero attached hydrogens (tertiary/aromatic N) is 1. The molecule has 1 aliphatic heterocycles. The normalized spacial score (nSPS) is 29.8. The molecule has 1 aliphatic carbocycles. The largest absolute Gasteiger partial charge is 0.444 e. The Kier molecular flexibility index (Phi) is 2.24. The smallest absolute Gasteiger partial charge is 0.410 e. The zero-order chi connectivity index (χ0) is 11.2. The number of Topliss-reactive ketones (excluding diaryl/α,β-unsaturated/α-hetero) is 1. The number of hydrogen-bond acceptors (Lipinski definition) is 3. The lowest BCUT2D eigenvalue weighted by atomic mass is 10.1. The Morgan fingerprint density at radius 2 is 2.13 bits per heavy atom. The highest BCUT2D eigenvalue weighted by Crippen LogP contribution is 2.42. The molecule has 0 aromatic heterocycles. The summed E-state index contributed by atoms with van der Waals surface area (Å²) in [5.74, 6) is 0.833. The van der Waals surface area contributed by atoms with Crippen molar-refractivity contribution >= 4 is 11.9 Å². The molecule has 0 unspecified atom stereocenters. The average Bonchev–Trinajstić information content (AvgIpc) is 2.79. The third kappa shape index (κ3) is 2.30. The molecule has 0 aromatic carbocycles. The highest BCUT2D eigenvalue weighted by atomic mass is 16.6. The van der Waals surface area contributed by atoms with Gasteiger partial charge in [0.25, 0.3) is 0 Å². The molecule has 2 fully saturated rings. The van der Waals surface area contributed by atoms with E-state index in [-0.39, 0.29) is 24.3 Å². The van der Waals surface area contributed by atoms with Gasteiger partial charge in [0.2, 0.25) is 0 Å². The minimum absolute atomic E-state index is 0.192. The van der Waals surface area contributed by atoms with Crippen LogP contribution in [0.4, 0.5) is 4.79 Å². The van der Waals surface area contributed by atoms with E-state index in [1.165, 1.54) is 4.90 Å². The van der Waals surface area contributed by atoms with E-state index >= 15 is 0 Å². The van der Waals surface area contributed by atoms with E-state index in [4.69, 9.17) is 4.74 Å². The Bertz CT molecular complexity index is 305. The first-order valence-electron chi connectivity index (χ1n) is 5.37. The Labute approximate surface area is 89.6 Å². The highest BCUT2D eigenvalue weighted by Gasteiger charge is 2.49. The van der Waals surface area contributed by atoms with E-state index in [1.807, 2.05) is 20.8 Å². The fraction of sp³-hybridized carbons (Fsp3) is 0.818. The number of likely N-dealkylation sites (tertiary alicyclic amines) is 1. The fourth-order valence-corrected chi connectivity index (χ4v) is 1.96. The molecule has 1 heterocycles. The second kappa shape index (κ2) is 3.22. The van der Waals surface area contributed by atoms with Gasteiger partial charge in [-0.2, -0.15) is 0 Å². The van der Waals surface area contributed by atoms with Crippen LogP contribution in [0.5, 0.6) is 0 Å². The lowest BCUT2D eigenvalue weighted by molar-refractivity contribution is -0.123. The van der Waals surface area contributed by atoms with Crippen molar-refractivity contribution in [3.63, 3.8) is 0 Å². The molecule has 2 rings (SSSR count). The van der Waals surface area contributed by atoms with E-state index in [0.717, 1.165) is 6.42 Å². The van der Waals surface area contributed by atoms with Gasteiger partial charge in [0, 0.05) is 12.5 Å². The second-order valence-corrected chi connectivity index (χ2v) is 5.43. The minimum atomic E-state index is -0.486. The van der Waals surface area contributed by atoms with Crippen LogP contribution >= 0.6 is 0 Å². The standard InChI is InChI=1S/C11H17NO3/c1-11(2,3)15-10(14)12-5-7-4-8(7)9(13)6-12/h7-8H,4-6H2,1-3H3/t7-,8-/m1/s1. The van der Waals surface area contributed by atoms with Gasteiger partial charge in [-0.1, -0.05) is 0 Å². The summed E-state index contributed by atoms with van der Waals surface area (Å²) < 4.78 is 5.23. The molecule has 4 nitrogen and oxygen atoms in total. The quantitative estimate of drug-likeness (QED) is 0.609. The Morgan fingerprint density at radius 1 is 1.47 bits per heavy atom. The molecule has 0 aromatic rings. The Hall–Kier alpha value is -1.06. The summed E-state index contributed by atoms with van der Waals surface area (Å²) in [7, 11) is 0. The number of amides is 1. The van der Waals surface area contributed by atoms with Crippen LogP contribution in [0, 0.1) is 11.8 Å². The summed E-state index contributed by atoms with van der Waals surface area (Å²) in [5, 5.41) is 0. The number of carbonyl (C=O) groups is 2. The summed E-state index contributed by atoms with van der Waals surface area (Å²) in [6.45, 7) is 6.41. The van der Waals surface area contributed by atoms with Gasteiger partial charge in [-0.25, -0.2) is 4.79 Å². The third-order valence-corrected chi connectivity index (χ3v) is 2.79. The number of hydrogen-bond donors (Lipinski definition) is 0. The van der Waals surface area contributed by atoms with Gasteiger partial charge < -0.3 is 9.64 Å². The molecule has 1 amide bonds. The van der Waals surface area contributed by atoms with Crippen molar-refractivity contribution in [1.29, 1.82) is 0 Å². The van der Waals surface area contributed by atoms with Crippen LogP contribution in [0.3, 0.4) is 0 Å². The van der Waals surface area contributed by atoms with E-state index in [2.05, 4.69) is 0 Å². The lowest BCUT2D eigenvalue weighted by Gasteiger charge is -2.29. The fourth-order valence-electron chi connectivity index (χ4n) is 1.96. The number of piperidine rings is 1. The van der Waals surface area contributed by atoms with Gasteiger partial charge in [-0.15, -0.1) is 0 Å². The zero-order valence-corrected chi connectivity index (χ0v) is 9.45. The zero-order valence-electron chi connectivity index (χ0n) is 9.45. The maximum Gasteiger partial charge on any atom is 0.410 e. The predicted octanol–water partition coefficient (Wildman–Crippen LogP) is 1.44. The van der Waals surface area contributed by atoms with Gasteiger partial charge in [-0.05, 0) is 33.1 Å². The average molecular weight is 211 g/mol. The van der Waals surface area contributed by atoms with Crippen molar-refractivity contribution in [3.8, 4) is 0 Å². The van der Waals surface area contributed by atoms with Gasteiger partial charge in [0.15, 0.2) is 5.78 Å². The van der Waals surface area contributed by atoms with E-state index < -0.39 is 5.60 Å². The van der Waals surface area contributed by atoms with Crippen molar-refractivity contribution in [2.45, 2.75) is 32.8 Å². The molecule has 84 valence electrons. The molecule has 0 bridgehead atoms. The Balaban J connectivity index is 1.93. The molecule has 0 N–H and O–H groups in total. The molecule has 2 atom stereocenters. The van der Waals surface area contributed by atoms with Crippen molar-refractivity contribution in [3.05, 3.63) is 0 Å². The first-order valence-corrected chi connectivity index (χ1v) is 5.37. The summed E-state index contributed by atoms with van der Waals surface area (Å²) in [4.78, 5) is 24.7. The van der Waals surface area contributed by atoms with Crippen LogP contribution in [0.2, 0.25) is 0 Å². The SMILES string of the molecule is CC(C)(C)OC(=O)N1CC(=O)[C@@H]2C[C@@H]2C1. The predicted molar refractivity (Wildman–Crippen MR) is 54.4 cm³/mol. The Morgan fingerprint density at radius 3 is 2.67 bits per heavy atom. The van der Waals surface area contributed by atoms with Crippen LogP contribution in [0.25, 0.3) is 0 Å². The van der Waals surface area contributed by atoms with Crippen LogP contribution in [-0.4, -0.2) is 35.5 Å². The van der Waals surface area contributed by atoms with Crippen molar-refractivity contribution < 1.29 is 14.3 Å². The first kappa shape index (κ1) is 10.5. The first-order chi connectivity index (χ1) is 6.87. The molecule has 0 radical (unpaired) electrons. The molecular formula is C11H17NO3. The van der Waals surface area contributed by atoms with Gasteiger partial charge in [0.05, 0.1) is 6.54 Å². The molecule has 0 spiro atoms. The topological polar surface area (TPSA) is 46.6 Å². The highest BCUT2D eigenvalue weighted by molar-refractivity contribution is 5.89. The third-order valence-electron chi connectivity index (χ3n) is 2.79. The molecule has 2 aliphatic rings. The number of ketones is 1.